The molecule has 6 rings (SSSR count). The maximum atomic E-state index is 12.7. The van der Waals surface area contributed by atoms with E-state index in [-0.39, 0.29) is 53.0 Å². The van der Waals surface area contributed by atoms with Crippen LogP contribution in [0.3, 0.4) is 0 Å². The van der Waals surface area contributed by atoms with Crippen LogP contribution in [-0.4, -0.2) is 41.7 Å². The third kappa shape index (κ3) is 8.00. The summed E-state index contributed by atoms with van der Waals surface area (Å²) in [5.74, 6) is -1.20. The molecule has 0 heterocycles. The molecule has 5 aromatic rings. The van der Waals surface area contributed by atoms with Gasteiger partial charge in [0, 0.05) is 30.2 Å². The lowest BCUT2D eigenvalue weighted by Crippen LogP contribution is -2.31. The van der Waals surface area contributed by atoms with Gasteiger partial charge in [-0.1, -0.05) is 67.6 Å². The molecule has 0 aromatic heterocycles. The van der Waals surface area contributed by atoms with Crippen LogP contribution < -0.4 is 26.8 Å². The van der Waals surface area contributed by atoms with Crippen LogP contribution >= 0.6 is 0 Å². The molecule has 6 N–H and O–H groups in total. The smallest absolute Gasteiger partial charge is 0.255 e. The van der Waals surface area contributed by atoms with Crippen molar-refractivity contribution in [3.63, 3.8) is 0 Å². The van der Waals surface area contributed by atoms with Crippen molar-refractivity contribution < 1.29 is 19.8 Å². The van der Waals surface area contributed by atoms with Crippen LogP contribution in [0.15, 0.2) is 105 Å². The van der Waals surface area contributed by atoms with Gasteiger partial charge in [-0.2, -0.15) is 10.2 Å². The minimum Gasteiger partial charge on any atom is -0.505 e. The number of fused-ring (bicyclic) bond motifs is 2. The summed E-state index contributed by atoms with van der Waals surface area (Å²) in [4.78, 5) is 25.4. The predicted molar refractivity (Wildman–Crippen MR) is 199 cm³/mol. The van der Waals surface area contributed by atoms with Crippen molar-refractivity contribution in [3.05, 3.63) is 118 Å². The second-order valence-corrected chi connectivity index (χ2v) is 12.2. The number of aromatic hydroxyl groups is 2. The molecule has 0 saturated heterocycles. The third-order valence-corrected chi connectivity index (χ3v) is 8.49. The largest absolute Gasteiger partial charge is 0.505 e. The summed E-state index contributed by atoms with van der Waals surface area (Å²) >= 11 is 0. The number of nitrogens with two attached hydrogens (primary N) is 1. The molecule has 0 saturated carbocycles. The van der Waals surface area contributed by atoms with Gasteiger partial charge in [-0.05, 0) is 83.8 Å². The number of hydrogen-bond acceptors (Lipinski definition) is 9. The molecule has 11 nitrogen and oxygen atoms in total. The molecule has 0 unspecified atom stereocenters. The summed E-state index contributed by atoms with van der Waals surface area (Å²) < 4.78 is 0. The number of carbonyl (C=O) groups excluding carboxylic acids is 2. The van der Waals surface area contributed by atoms with Crippen molar-refractivity contribution in [3.8, 4) is 11.5 Å². The minimum absolute atomic E-state index is 0.106. The third-order valence-electron chi connectivity index (χ3n) is 8.49. The number of benzene rings is 5. The molecule has 1 aliphatic rings. The van der Waals surface area contributed by atoms with E-state index in [1.54, 1.807) is 12.1 Å². The van der Waals surface area contributed by atoms with Crippen molar-refractivity contribution in [1.29, 1.82) is 0 Å². The first-order valence-corrected chi connectivity index (χ1v) is 16.9. The second kappa shape index (κ2) is 16.0. The van der Waals surface area contributed by atoms with E-state index >= 15 is 0 Å². The number of carbonyl (C=O) groups is 2. The zero-order chi connectivity index (χ0) is 35.7. The Bertz CT molecular complexity index is 2260. The highest BCUT2D eigenvalue weighted by atomic mass is 16.3. The van der Waals surface area contributed by atoms with Crippen molar-refractivity contribution in [2.24, 2.45) is 26.2 Å². The number of nitrogens with one attached hydrogen (secondary N) is 2. The molecule has 0 aliphatic heterocycles. The molecule has 11 heteroatoms. The number of amides is 2. The Kier molecular flexibility index (Phi) is 10.9. The Morgan fingerprint density at radius 2 is 1.27 bits per heavy atom. The molecule has 51 heavy (non-hydrogen) atoms. The van der Waals surface area contributed by atoms with Crippen LogP contribution in [0.1, 0.15) is 58.0 Å². The van der Waals surface area contributed by atoms with E-state index in [0.717, 1.165) is 46.2 Å². The highest BCUT2D eigenvalue weighted by Gasteiger charge is 2.19. The monoisotopic (exact) mass is 681 g/mol. The molecule has 0 bridgehead atoms. The van der Waals surface area contributed by atoms with Crippen molar-refractivity contribution in [2.75, 3.05) is 19.6 Å². The van der Waals surface area contributed by atoms with Crippen LogP contribution in [0, 0.1) is 0 Å². The van der Waals surface area contributed by atoms with E-state index < -0.39 is 5.91 Å². The highest BCUT2D eigenvalue weighted by Crippen LogP contribution is 2.39. The summed E-state index contributed by atoms with van der Waals surface area (Å²) in [6.07, 6.45) is 7.19. The zero-order valence-corrected chi connectivity index (χ0v) is 28.3. The first-order valence-electron chi connectivity index (χ1n) is 16.9. The van der Waals surface area contributed by atoms with Crippen LogP contribution in [-0.2, 0) is 6.42 Å². The average molecular weight is 682 g/mol. The van der Waals surface area contributed by atoms with Gasteiger partial charge < -0.3 is 26.6 Å². The lowest BCUT2D eigenvalue weighted by atomic mass is 10.0. The van der Waals surface area contributed by atoms with E-state index in [1.165, 1.54) is 0 Å². The Morgan fingerprint density at radius 1 is 0.706 bits per heavy atom. The average Bonchev–Trinajstić information content (AvgIpc) is 3.16. The van der Waals surface area contributed by atoms with Crippen molar-refractivity contribution in [1.82, 2.24) is 10.6 Å². The minimum atomic E-state index is -0.436. The second-order valence-electron chi connectivity index (χ2n) is 12.2. The van der Waals surface area contributed by atoms with Crippen molar-refractivity contribution >= 4 is 57.5 Å². The fourth-order valence-corrected chi connectivity index (χ4v) is 5.84. The Labute approximate surface area is 295 Å². The number of rotatable bonds is 12. The lowest BCUT2D eigenvalue weighted by molar-refractivity contribution is 0.0943. The molecule has 0 atom stereocenters. The first kappa shape index (κ1) is 34.7. The fraction of sp³-hybridized carbons (Fsp3) is 0.200. The summed E-state index contributed by atoms with van der Waals surface area (Å²) in [5, 5.41) is 48.1. The lowest BCUT2D eigenvalue weighted by Gasteiger charge is -2.11. The highest BCUT2D eigenvalue weighted by molar-refractivity contribution is 6.06. The van der Waals surface area contributed by atoms with E-state index in [9.17, 15) is 19.8 Å². The van der Waals surface area contributed by atoms with Gasteiger partial charge >= 0.3 is 0 Å². The predicted octanol–water partition coefficient (Wildman–Crippen LogP) is 6.86. The molecule has 5 aromatic carbocycles. The number of azo groups is 2. The van der Waals surface area contributed by atoms with Gasteiger partial charge in [-0.25, -0.2) is 0 Å². The van der Waals surface area contributed by atoms with E-state index in [2.05, 4.69) is 31.1 Å². The summed E-state index contributed by atoms with van der Waals surface area (Å²) in [5.41, 5.74) is 9.62. The standard InChI is InChI=1S/C40H39N7O4/c1-2-20-42-39(50)33-23-27-7-3-5-9-31(27)35(37(33)48)46-44-29-15-11-25(12-16-29)22-26-13-17-30(18-14-26)45-47-36-32-10-6-4-8-28(32)24-34(38(36)49)40(51)43-21-19-41/h4,6-18,23-24,48-49H,2-3,5,19-22,41H2,1H3,(H,42,50)(H,43,51). The molecule has 258 valence electrons. The molecule has 1 aliphatic carbocycles. The van der Waals surface area contributed by atoms with E-state index in [1.807, 2.05) is 91.9 Å². The van der Waals surface area contributed by atoms with E-state index in [4.69, 9.17) is 5.73 Å². The Balaban J connectivity index is 1.16. The summed E-state index contributed by atoms with van der Waals surface area (Å²) in [7, 11) is 0. The SMILES string of the molecule is CCCNC(=O)c1cc2c(c(N=Nc3ccc(Cc4ccc(N=Nc5c(O)c(C(=O)NCCN)cc6ccccc56)cc4)cc3)c1O)=CCCC=2. The van der Waals surface area contributed by atoms with Crippen LogP contribution in [0.4, 0.5) is 22.7 Å². The molecular formula is C40H39N7O4. The number of hydrogen-bond donors (Lipinski definition) is 5. The number of phenols is 2. The molecule has 0 radical (unpaired) electrons. The number of phenolic OH excluding ortho intramolecular Hbond substituents is 2. The van der Waals surface area contributed by atoms with Gasteiger partial charge in [0.05, 0.1) is 22.5 Å². The van der Waals surface area contributed by atoms with Gasteiger partial charge in [0.2, 0.25) is 0 Å². The van der Waals surface area contributed by atoms with Gasteiger partial charge in [0.15, 0.2) is 11.5 Å². The van der Waals surface area contributed by atoms with Crippen LogP contribution in [0.25, 0.3) is 22.9 Å². The molecule has 2 amide bonds. The molecule has 0 fully saturated rings. The maximum absolute atomic E-state index is 12.7. The van der Waals surface area contributed by atoms with Gasteiger partial charge in [-0.15, -0.1) is 10.2 Å². The fourth-order valence-electron chi connectivity index (χ4n) is 5.84. The number of nitrogens with zero attached hydrogens (tertiary/aromatic N) is 4. The topological polar surface area (TPSA) is 174 Å². The van der Waals surface area contributed by atoms with Gasteiger partial charge in [0.1, 0.15) is 11.4 Å². The van der Waals surface area contributed by atoms with Gasteiger partial charge in [0.25, 0.3) is 11.8 Å². The first-order chi connectivity index (χ1) is 24.9. The van der Waals surface area contributed by atoms with Gasteiger partial charge in [-0.3, -0.25) is 9.59 Å². The Morgan fingerprint density at radius 3 is 1.92 bits per heavy atom. The summed E-state index contributed by atoms with van der Waals surface area (Å²) in [6.45, 7) is 3.05. The van der Waals surface area contributed by atoms with Crippen molar-refractivity contribution in [2.45, 2.75) is 32.6 Å². The normalized spacial score (nSPS) is 12.4. The Hall–Kier alpha value is -6.20. The zero-order valence-electron chi connectivity index (χ0n) is 28.3. The maximum Gasteiger partial charge on any atom is 0.255 e. The van der Waals surface area contributed by atoms with Crippen LogP contribution in [0.5, 0.6) is 11.5 Å². The van der Waals surface area contributed by atoms with Crippen LogP contribution in [0.2, 0.25) is 0 Å². The quantitative estimate of drug-likeness (QED) is 0.0904. The van der Waals surface area contributed by atoms with E-state index in [0.29, 0.717) is 29.7 Å². The molecular weight excluding hydrogens is 642 g/mol. The summed E-state index contributed by atoms with van der Waals surface area (Å²) in [6, 6.07) is 26.0. The molecule has 0 spiro atoms.